The molecule has 1 unspecified atom stereocenters. The Morgan fingerprint density at radius 3 is 2.67 bits per heavy atom. The quantitative estimate of drug-likeness (QED) is 0.685. The van der Waals surface area contributed by atoms with Crippen LogP contribution in [0.5, 0.6) is 0 Å². The third kappa shape index (κ3) is 3.26. The van der Waals surface area contributed by atoms with E-state index >= 15 is 0 Å². The van der Waals surface area contributed by atoms with E-state index in [-0.39, 0.29) is 12.0 Å². The van der Waals surface area contributed by atoms with Gasteiger partial charge in [-0.1, -0.05) is 18.2 Å². The minimum Gasteiger partial charge on any atom is -0.480 e. The molecule has 1 aromatic heterocycles. The molecule has 0 bridgehead atoms. The molecule has 21 heavy (non-hydrogen) atoms. The van der Waals surface area contributed by atoms with Crippen molar-refractivity contribution < 1.29 is 24.2 Å². The van der Waals surface area contributed by atoms with E-state index in [0.29, 0.717) is 11.0 Å². The number of carboxylic acid groups (broad SMARTS) is 1. The molecule has 2 aromatic rings. The van der Waals surface area contributed by atoms with E-state index < -0.39 is 30.2 Å². The average molecular weight is 291 g/mol. The van der Waals surface area contributed by atoms with Crippen LogP contribution >= 0.6 is 0 Å². The molecule has 7 nitrogen and oxygen atoms in total. The first-order valence-electron chi connectivity index (χ1n) is 6.20. The molecule has 0 aliphatic carbocycles. The summed E-state index contributed by atoms with van der Waals surface area (Å²) in [7, 11) is 0. The summed E-state index contributed by atoms with van der Waals surface area (Å²) in [5.41, 5.74) is -0.790. The predicted octanol–water partition coefficient (Wildman–Crippen LogP) is 0.358. The SMILES string of the molecule is O=C(NC(CCO)C(=O)O)c1cc2ccccc2oc1=O. The van der Waals surface area contributed by atoms with Crippen LogP contribution in [0.25, 0.3) is 11.0 Å². The number of carboxylic acids is 1. The van der Waals surface area contributed by atoms with Gasteiger partial charge in [-0.25, -0.2) is 9.59 Å². The number of hydrogen-bond donors (Lipinski definition) is 3. The third-order valence-corrected chi connectivity index (χ3v) is 2.91. The fraction of sp³-hybridized carbons (Fsp3) is 0.214. The van der Waals surface area contributed by atoms with Crippen LogP contribution < -0.4 is 10.9 Å². The standard InChI is InChI=1S/C14H13NO6/c16-6-5-10(13(18)19)15-12(17)9-7-8-3-1-2-4-11(8)21-14(9)20/h1-4,7,10,16H,5-6H2,(H,15,17)(H,18,19). The zero-order chi connectivity index (χ0) is 15.4. The maximum atomic E-state index is 12.0. The highest BCUT2D eigenvalue weighted by molar-refractivity contribution is 5.98. The van der Waals surface area contributed by atoms with E-state index in [9.17, 15) is 14.4 Å². The number of aliphatic hydroxyl groups is 1. The molecule has 1 amide bonds. The number of rotatable bonds is 5. The Kier molecular flexibility index (Phi) is 4.34. The van der Waals surface area contributed by atoms with E-state index in [0.717, 1.165) is 0 Å². The number of aliphatic carboxylic acids is 1. The van der Waals surface area contributed by atoms with E-state index in [1.807, 2.05) is 0 Å². The summed E-state index contributed by atoms with van der Waals surface area (Å²) in [4.78, 5) is 34.7. The lowest BCUT2D eigenvalue weighted by molar-refractivity contribution is -0.139. The molecule has 0 spiro atoms. The second-order valence-electron chi connectivity index (χ2n) is 4.36. The van der Waals surface area contributed by atoms with Gasteiger partial charge in [0, 0.05) is 18.4 Å². The summed E-state index contributed by atoms with van der Waals surface area (Å²) >= 11 is 0. The van der Waals surface area contributed by atoms with Crippen molar-refractivity contribution in [1.29, 1.82) is 0 Å². The summed E-state index contributed by atoms with van der Waals surface area (Å²) in [6.45, 7) is -0.399. The number of amides is 1. The van der Waals surface area contributed by atoms with Gasteiger partial charge >= 0.3 is 11.6 Å². The highest BCUT2D eigenvalue weighted by Crippen LogP contribution is 2.12. The molecule has 2 rings (SSSR count). The van der Waals surface area contributed by atoms with Gasteiger partial charge < -0.3 is 19.9 Å². The Hall–Kier alpha value is -2.67. The lowest BCUT2D eigenvalue weighted by Gasteiger charge is -2.12. The summed E-state index contributed by atoms with van der Waals surface area (Å²) in [5, 5.41) is 20.4. The molecule has 7 heteroatoms. The van der Waals surface area contributed by atoms with Crippen molar-refractivity contribution in [2.24, 2.45) is 0 Å². The van der Waals surface area contributed by atoms with E-state index in [2.05, 4.69) is 5.32 Å². The van der Waals surface area contributed by atoms with Gasteiger partial charge in [-0.3, -0.25) is 4.79 Å². The van der Waals surface area contributed by atoms with Crippen LogP contribution in [0.15, 0.2) is 39.5 Å². The summed E-state index contributed by atoms with van der Waals surface area (Å²) in [6, 6.07) is 6.73. The van der Waals surface area contributed by atoms with Crippen LogP contribution in [0.1, 0.15) is 16.8 Å². The Morgan fingerprint density at radius 1 is 1.29 bits per heavy atom. The topological polar surface area (TPSA) is 117 Å². The van der Waals surface area contributed by atoms with Crippen LogP contribution in [0.4, 0.5) is 0 Å². The number of carbonyl (C=O) groups is 2. The second kappa shape index (κ2) is 6.19. The number of para-hydroxylation sites is 1. The van der Waals surface area contributed by atoms with Crippen molar-refractivity contribution in [3.8, 4) is 0 Å². The van der Waals surface area contributed by atoms with E-state index in [1.54, 1.807) is 24.3 Å². The first-order valence-corrected chi connectivity index (χ1v) is 6.20. The van der Waals surface area contributed by atoms with Gasteiger partial charge in [-0.05, 0) is 12.1 Å². The van der Waals surface area contributed by atoms with Gasteiger partial charge in [0.05, 0.1) is 0 Å². The second-order valence-corrected chi connectivity index (χ2v) is 4.36. The Balaban J connectivity index is 2.32. The lowest BCUT2D eigenvalue weighted by atomic mass is 10.1. The maximum Gasteiger partial charge on any atom is 0.349 e. The Bertz CT molecular complexity index is 736. The predicted molar refractivity (Wildman–Crippen MR) is 73.1 cm³/mol. The van der Waals surface area contributed by atoms with Gasteiger partial charge in [-0.15, -0.1) is 0 Å². The number of carbonyl (C=O) groups excluding carboxylic acids is 1. The molecule has 0 fully saturated rings. The molecule has 1 heterocycles. The summed E-state index contributed by atoms with van der Waals surface area (Å²) in [6.07, 6.45) is -0.153. The van der Waals surface area contributed by atoms with Gasteiger partial charge in [0.1, 0.15) is 17.2 Å². The lowest BCUT2D eigenvalue weighted by Crippen LogP contribution is -2.42. The summed E-state index contributed by atoms with van der Waals surface area (Å²) in [5.74, 6) is -2.14. The summed E-state index contributed by atoms with van der Waals surface area (Å²) < 4.78 is 5.00. The average Bonchev–Trinajstić information content (AvgIpc) is 2.45. The van der Waals surface area contributed by atoms with Crippen LogP contribution in [0, 0.1) is 0 Å². The number of benzene rings is 1. The third-order valence-electron chi connectivity index (χ3n) is 2.91. The fourth-order valence-electron chi connectivity index (χ4n) is 1.84. The molecular weight excluding hydrogens is 278 g/mol. The zero-order valence-corrected chi connectivity index (χ0v) is 10.9. The molecule has 0 saturated carbocycles. The number of nitrogens with one attached hydrogen (secondary N) is 1. The number of aliphatic hydroxyl groups excluding tert-OH is 1. The molecule has 1 aromatic carbocycles. The van der Waals surface area contributed by atoms with Gasteiger partial charge in [0.2, 0.25) is 0 Å². The Labute approximate surface area is 118 Å². The number of hydrogen-bond acceptors (Lipinski definition) is 5. The first-order chi connectivity index (χ1) is 10.0. The molecule has 1 atom stereocenters. The molecule has 3 N–H and O–H groups in total. The van der Waals surface area contributed by atoms with Gasteiger partial charge in [0.25, 0.3) is 5.91 Å². The smallest absolute Gasteiger partial charge is 0.349 e. The van der Waals surface area contributed by atoms with Crippen molar-refractivity contribution in [3.63, 3.8) is 0 Å². The van der Waals surface area contributed by atoms with Crippen molar-refractivity contribution in [1.82, 2.24) is 5.32 Å². The van der Waals surface area contributed by atoms with E-state index in [4.69, 9.17) is 14.6 Å². The van der Waals surface area contributed by atoms with Crippen molar-refractivity contribution in [3.05, 3.63) is 46.3 Å². The highest BCUT2D eigenvalue weighted by Gasteiger charge is 2.22. The van der Waals surface area contributed by atoms with Crippen LogP contribution in [-0.4, -0.2) is 34.7 Å². The normalized spacial score (nSPS) is 12.0. The van der Waals surface area contributed by atoms with Gasteiger partial charge in [0.15, 0.2) is 0 Å². The molecular formula is C14H13NO6. The largest absolute Gasteiger partial charge is 0.480 e. The Morgan fingerprint density at radius 2 is 2.00 bits per heavy atom. The number of fused-ring (bicyclic) bond motifs is 1. The molecule has 0 radical (unpaired) electrons. The minimum atomic E-state index is -1.29. The highest BCUT2D eigenvalue weighted by atomic mass is 16.4. The van der Waals surface area contributed by atoms with Crippen LogP contribution in [0.2, 0.25) is 0 Å². The van der Waals surface area contributed by atoms with E-state index in [1.165, 1.54) is 6.07 Å². The van der Waals surface area contributed by atoms with Gasteiger partial charge in [-0.2, -0.15) is 0 Å². The van der Waals surface area contributed by atoms with Crippen molar-refractivity contribution >= 4 is 22.8 Å². The molecule has 0 aliphatic heterocycles. The molecule has 110 valence electrons. The van der Waals surface area contributed by atoms with Crippen molar-refractivity contribution in [2.45, 2.75) is 12.5 Å². The first kappa shape index (κ1) is 14.7. The minimum absolute atomic E-state index is 0.153. The monoisotopic (exact) mass is 291 g/mol. The van der Waals surface area contributed by atoms with Crippen molar-refractivity contribution in [2.75, 3.05) is 6.61 Å². The zero-order valence-electron chi connectivity index (χ0n) is 10.9. The van der Waals surface area contributed by atoms with Crippen LogP contribution in [-0.2, 0) is 4.79 Å². The molecule has 0 saturated heterocycles. The molecule has 0 aliphatic rings. The fourth-order valence-corrected chi connectivity index (χ4v) is 1.84. The maximum absolute atomic E-state index is 12.0. The van der Waals surface area contributed by atoms with Crippen LogP contribution in [0.3, 0.4) is 0 Å².